The third-order valence-corrected chi connectivity index (χ3v) is 2.28. The van der Waals surface area contributed by atoms with Gasteiger partial charge in [0.15, 0.2) is 5.76 Å². The topological polar surface area (TPSA) is 72.6 Å². The highest BCUT2D eigenvalue weighted by Gasteiger charge is 2.14. The normalized spacial score (nSPS) is 10.2. The van der Waals surface area contributed by atoms with E-state index < -0.39 is 6.16 Å². The third-order valence-electron chi connectivity index (χ3n) is 2.03. The second-order valence-electron chi connectivity index (χ2n) is 3.26. The number of oxazole rings is 1. The van der Waals surface area contributed by atoms with Crippen molar-refractivity contribution in [1.82, 2.24) is 4.98 Å². The van der Waals surface area contributed by atoms with Gasteiger partial charge >= 0.3 is 6.16 Å². The van der Waals surface area contributed by atoms with Crippen molar-refractivity contribution < 1.29 is 19.1 Å². The number of ether oxygens (including phenoxy) is 1. The van der Waals surface area contributed by atoms with E-state index in [0.717, 1.165) is 0 Å². The Hall–Kier alpha value is -2.01. The van der Waals surface area contributed by atoms with Crippen LogP contribution in [0.1, 0.15) is 5.76 Å². The second-order valence-corrected chi connectivity index (χ2v) is 3.69. The molecule has 1 N–H and O–H groups in total. The first kappa shape index (κ1) is 11.5. The molecule has 0 bridgehead atoms. The molecule has 1 aromatic carbocycles. The number of halogens is 1. The van der Waals surface area contributed by atoms with E-state index in [1.54, 1.807) is 31.2 Å². The molecule has 88 valence electrons. The second kappa shape index (κ2) is 4.47. The summed E-state index contributed by atoms with van der Waals surface area (Å²) < 4.78 is 9.76. The van der Waals surface area contributed by atoms with Crippen LogP contribution in [0.25, 0.3) is 11.5 Å². The lowest BCUT2D eigenvalue weighted by atomic mass is 10.2. The number of benzene rings is 1. The zero-order chi connectivity index (χ0) is 12.4. The fraction of sp³-hybridized carbons (Fsp3) is 0.0909. The quantitative estimate of drug-likeness (QED) is 0.831. The molecule has 0 aliphatic heterocycles. The molecule has 0 amide bonds. The van der Waals surface area contributed by atoms with Gasteiger partial charge in [-0.05, 0) is 31.2 Å². The molecule has 0 fully saturated rings. The predicted octanol–water partition coefficient (Wildman–Crippen LogP) is 3.36. The minimum atomic E-state index is -1.43. The van der Waals surface area contributed by atoms with Crippen LogP contribution in [-0.2, 0) is 0 Å². The molecule has 0 radical (unpaired) electrons. The maximum atomic E-state index is 10.4. The standard InChI is InChI=1S/C11H8ClNO4/c1-6-9(17-11(14)15)13-10(16-6)7-2-4-8(12)5-3-7/h2-5H,1H3,(H,14,15). The monoisotopic (exact) mass is 253 g/mol. The van der Waals surface area contributed by atoms with Gasteiger partial charge in [0.2, 0.25) is 5.89 Å². The van der Waals surface area contributed by atoms with Gasteiger partial charge in [-0.1, -0.05) is 11.6 Å². The Balaban J connectivity index is 2.34. The van der Waals surface area contributed by atoms with Crippen molar-refractivity contribution in [2.75, 3.05) is 0 Å². The lowest BCUT2D eigenvalue weighted by Crippen LogP contribution is -2.03. The van der Waals surface area contributed by atoms with Crippen LogP contribution >= 0.6 is 11.6 Å². The number of carboxylic acid groups (broad SMARTS) is 1. The lowest BCUT2D eigenvalue weighted by molar-refractivity contribution is 0.142. The fourth-order valence-electron chi connectivity index (χ4n) is 1.28. The Kier molecular flexibility index (Phi) is 3.01. The van der Waals surface area contributed by atoms with Gasteiger partial charge in [0.1, 0.15) is 0 Å². The highest BCUT2D eigenvalue weighted by atomic mass is 35.5. The summed E-state index contributed by atoms with van der Waals surface area (Å²) in [5.41, 5.74) is 0.692. The van der Waals surface area contributed by atoms with Crippen molar-refractivity contribution in [2.45, 2.75) is 6.92 Å². The Morgan fingerprint density at radius 1 is 1.41 bits per heavy atom. The van der Waals surface area contributed by atoms with Crippen molar-refractivity contribution in [3.8, 4) is 17.3 Å². The molecule has 1 aromatic heterocycles. The summed E-state index contributed by atoms with van der Waals surface area (Å²) in [6.45, 7) is 1.57. The average molecular weight is 254 g/mol. The number of carbonyl (C=O) groups is 1. The zero-order valence-corrected chi connectivity index (χ0v) is 9.56. The van der Waals surface area contributed by atoms with Gasteiger partial charge in [-0.25, -0.2) is 4.79 Å². The van der Waals surface area contributed by atoms with Crippen LogP contribution in [0.3, 0.4) is 0 Å². The van der Waals surface area contributed by atoms with Gasteiger partial charge < -0.3 is 14.3 Å². The molecular formula is C11H8ClNO4. The van der Waals surface area contributed by atoms with Crippen LogP contribution in [0.5, 0.6) is 5.88 Å². The summed E-state index contributed by atoms with van der Waals surface area (Å²) >= 11 is 5.75. The van der Waals surface area contributed by atoms with Gasteiger partial charge in [0.05, 0.1) is 0 Å². The summed E-state index contributed by atoms with van der Waals surface area (Å²) in [5, 5.41) is 9.08. The van der Waals surface area contributed by atoms with Crippen LogP contribution < -0.4 is 4.74 Å². The predicted molar refractivity (Wildman–Crippen MR) is 60.3 cm³/mol. The first-order valence-electron chi connectivity index (χ1n) is 4.70. The van der Waals surface area contributed by atoms with E-state index in [9.17, 15) is 4.79 Å². The number of hydrogen-bond acceptors (Lipinski definition) is 4. The van der Waals surface area contributed by atoms with Gasteiger partial charge in [0, 0.05) is 10.6 Å². The van der Waals surface area contributed by atoms with E-state index in [2.05, 4.69) is 9.72 Å². The summed E-state index contributed by atoms with van der Waals surface area (Å²) in [5.74, 6) is 0.537. The highest BCUT2D eigenvalue weighted by Crippen LogP contribution is 2.26. The fourth-order valence-corrected chi connectivity index (χ4v) is 1.40. The summed E-state index contributed by atoms with van der Waals surface area (Å²) in [7, 11) is 0. The van der Waals surface area contributed by atoms with E-state index in [4.69, 9.17) is 21.1 Å². The first-order chi connectivity index (χ1) is 8.06. The van der Waals surface area contributed by atoms with Crippen LogP contribution in [0.2, 0.25) is 5.02 Å². The third kappa shape index (κ3) is 2.57. The smallest absolute Gasteiger partial charge is 0.449 e. The van der Waals surface area contributed by atoms with Crippen molar-refractivity contribution in [3.63, 3.8) is 0 Å². The van der Waals surface area contributed by atoms with E-state index in [-0.39, 0.29) is 11.8 Å². The molecular weight excluding hydrogens is 246 g/mol. The molecule has 2 aromatic rings. The molecule has 0 atom stereocenters. The molecule has 6 heteroatoms. The first-order valence-corrected chi connectivity index (χ1v) is 5.08. The summed E-state index contributed by atoms with van der Waals surface area (Å²) in [6, 6.07) is 6.82. The van der Waals surface area contributed by atoms with Crippen LogP contribution in [0.4, 0.5) is 4.79 Å². The van der Waals surface area contributed by atoms with Crippen molar-refractivity contribution in [3.05, 3.63) is 35.0 Å². The molecule has 2 rings (SSSR count). The highest BCUT2D eigenvalue weighted by molar-refractivity contribution is 6.30. The van der Waals surface area contributed by atoms with Crippen LogP contribution in [-0.4, -0.2) is 16.2 Å². The van der Waals surface area contributed by atoms with E-state index in [1.807, 2.05) is 0 Å². The molecule has 0 saturated heterocycles. The summed E-state index contributed by atoms with van der Waals surface area (Å²) in [6.07, 6.45) is -1.43. The molecule has 0 aliphatic carbocycles. The molecule has 0 unspecified atom stereocenters. The van der Waals surface area contributed by atoms with E-state index >= 15 is 0 Å². The Labute approximate surface area is 102 Å². The Bertz CT molecular complexity index is 547. The van der Waals surface area contributed by atoms with Crippen LogP contribution in [0, 0.1) is 6.92 Å². The van der Waals surface area contributed by atoms with Crippen LogP contribution in [0.15, 0.2) is 28.7 Å². The van der Waals surface area contributed by atoms with Crippen molar-refractivity contribution in [1.29, 1.82) is 0 Å². The molecule has 1 heterocycles. The van der Waals surface area contributed by atoms with Gasteiger partial charge in [-0.2, -0.15) is 4.98 Å². The molecule has 0 spiro atoms. The molecule has 0 saturated carbocycles. The number of rotatable bonds is 2. The minimum Gasteiger partial charge on any atom is -0.449 e. The number of aryl methyl sites for hydroxylation is 1. The SMILES string of the molecule is Cc1oc(-c2ccc(Cl)cc2)nc1OC(=O)O. The van der Waals surface area contributed by atoms with E-state index in [1.165, 1.54) is 0 Å². The number of nitrogens with zero attached hydrogens (tertiary/aromatic N) is 1. The molecule has 0 aliphatic rings. The maximum Gasteiger partial charge on any atom is 0.512 e. The van der Waals surface area contributed by atoms with Gasteiger partial charge in [0.25, 0.3) is 5.88 Å². The van der Waals surface area contributed by atoms with Gasteiger partial charge in [-0.15, -0.1) is 0 Å². The molecule has 5 nitrogen and oxygen atoms in total. The summed E-state index contributed by atoms with van der Waals surface area (Å²) in [4.78, 5) is 14.3. The van der Waals surface area contributed by atoms with Gasteiger partial charge in [-0.3, -0.25) is 0 Å². The number of aromatic nitrogens is 1. The Morgan fingerprint density at radius 3 is 2.65 bits per heavy atom. The Morgan fingerprint density at radius 2 is 2.06 bits per heavy atom. The number of hydrogen-bond donors (Lipinski definition) is 1. The van der Waals surface area contributed by atoms with E-state index in [0.29, 0.717) is 16.3 Å². The largest absolute Gasteiger partial charge is 0.512 e. The lowest BCUT2D eigenvalue weighted by Gasteiger charge is -1.94. The molecule has 17 heavy (non-hydrogen) atoms. The van der Waals surface area contributed by atoms with Crippen molar-refractivity contribution in [2.24, 2.45) is 0 Å². The maximum absolute atomic E-state index is 10.4. The zero-order valence-electron chi connectivity index (χ0n) is 8.81. The minimum absolute atomic E-state index is 0.0533. The average Bonchev–Trinajstić information content (AvgIpc) is 2.60. The van der Waals surface area contributed by atoms with Crippen molar-refractivity contribution >= 4 is 17.8 Å².